The van der Waals surface area contributed by atoms with Crippen molar-refractivity contribution >= 4 is 17.5 Å². The molecule has 0 atom stereocenters. The summed E-state index contributed by atoms with van der Waals surface area (Å²) < 4.78 is 13.0. The SMILES string of the molecule is CC(C)(C)NC(=O)CC1(C(=O)Nc2ccc(F)cc2)CCCC1. The third-order valence-corrected chi connectivity index (χ3v) is 4.16. The molecule has 0 heterocycles. The lowest BCUT2D eigenvalue weighted by molar-refractivity contribution is -0.133. The van der Waals surface area contributed by atoms with Crippen LogP contribution in [0.2, 0.25) is 0 Å². The van der Waals surface area contributed by atoms with Gasteiger partial charge in [-0.3, -0.25) is 9.59 Å². The number of benzene rings is 1. The van der Waals surface area contributed by atoms with Gasteiger partial charge in [-0.25, -0.2) is 4.39 Å². The number of hydrogen-bond acceptors (Lipinski definition) is 2. The molecular formula is C18H25FN2O2. The minimum Gasteiger partial charge on any atom is -0.351 e. The Morgan fingerprint density at radius 3 is 2.22 bits per heavy atom. The Hall–Kier alpha value is -1.91. The van der Waals surface area contributed by atoms with Gasteiger partial charge in [0.2, 0.25) is 11.8 Å². The number of rotatable bonds is 4. The van der Waals surface area contributed by atoms with Crippen LogP contribution in [0.3, 0.4) is 0 Å². The van der Waals surface area contributed by atoms with E-state index in [-0.39, 0.29) is 29.6 Å². The minimum atomic E-state index is -0.663. The van der Waals surface area contributed by atoms with E-state index in [1.165, 1.54) is 24.3 Å². The summed E-state index contributed by atoms with van der Waals surface area (Å²) in [6.45, 7) is 5.76. The zero-order valence-electron chi connectivity index (χ0n) is 14.0. The van der Waals surface area contributed by atoms with Crippen LogP contribution in [-0.4, -0.2) is 17.4 Å². The fourth-order valence-electron chi connectivity index (χ4n) is 3.10. The number of carbonyl (C=O) groups excluding carboxylic acids is 2. The summed E-state index contributed by atoms with van der Waals surface area (Å²) in [5.74, 6) is -0.595. The molecule has 2 N–H and O–H groups in total. The first-order chi connectivity index (χ1) is 10.7. The van der Waals surface area contributed by atoms with E-state index in [2.05, 4.69) is 10.6 Å². The summed E-state index contributed by atoms with van der Waals surface area (Å²) in [5.41, 5.74) is -0.424. The Labute approximate surface area is 136 Å². The van der Waals surface area contributed by atoms with Gasteiger partial charge in [-0.2, -0.15) is 0 Å². The van der Waals surface area contributed by atoms with Gasteiger partial charge < -0.3 is 10.6 Å². The van der Waals surface area contributed by atoms with Gasteiger partial charge in [0.25, 0.3) is 0 Å². The van der Waals surface area contributed by atoms with Crippen LogP contribution in [0.25, 0.3) is 0 Å². The van der Waals surface area contributed by atoms with E-state index in [0.717, 1.165) is 12.8 Å². The Morgan fingerprint density at radius 2 is 1.70 bits per heavy atom. The lowest BCUT2D eigenvalue weighted by atomic mass is 9.81. The number of nitrogens with one attached hydrogen (secondary N) is 2. The minimum absolute atomic E-state index is 0.103. The van der Waals surface area contributed by atoms with Crippen LogP contribution < -0.4 is 10.6 Å². The van der Waals surface area contributed by atoms with Crippen molar-refractivity contribution in [3.05, 3.63) is 30.1 Å². The van der Waals surface area contributed by atoms with Crippen LogP contribution in [-0.2, 0) is 9.59 Å². The molecule has 2 rings (SSSR count). The van der Waals surface area contributed by atoms with E-state index < -0.39 is 5.41 Å². The van der Waals surface area contributed by atoms with Crippen LogP contribution >= 0.6 is 0 Å². The molecule has 4 nitrogen and oxygen atoms in total. The maximum absolute atomic E-state index is 13.0. The molecule has 0 spiro atoms. The zero-order valence-corrected chi connectivity index (χ0v) is 14.0. The molecule has 5 heteroatoms. The molecule has 2 amide bonds. The van der Waals surface area contributed by atoms with Crippen LogP contribution in [0.5, 0.6) is 0 Å². The lowest BCUT2D eigenvalue weighted by Gasteiger charge is -2.29. The van der Waals surface area contributed by atoms with Gasteiger partial charge in [-0.05, 0) is 57.9 Å². The van der Waals surface area contributed by atoms with Crippen molar-refractivity contribution in [2.24, 2.45) is 5.41 Å². The van der Waals surface area contributed by atoms with Crippen LogP contribution in [0.15, 0.2) is 24.3 Å². The average Bonchev–Trinajstić information content (AvgIpc) is 2.89. The standard InChI is InChI=1S/C18H25FN2O2/c1-17(2,3)21-15(22)12-18(10-4-5-11-18)16(23)20-14-8-6-13(19)7-9-14/h6-9H,4-5,10-12H2,1-3H3,(H,20,23)(H,21,22). The van der Waals surface area contributed by atoms with Gasteiger partial charge in [0.05, 0.1) is 5.41 Å². The summed E-state index contributed by atoms with van der Waals surface area (Å²) in [6.07, 6.45) is 3.49. The second kappa shape index (κ2) is 6.69. The molecule has 1 saturated carbocycles. The van der Waals surface area contributed by atoms with Crippen molar-refractivity contribution in [1.29, 1.82) is 0 Å². The van der Waals surface area contributed by atoms with Gasteiger partial charge in [-0.15, -0.1) is 0 Å². The normalized spacial score (nSPS) is 16.9. The number of hydrogen-bond donors (Lipinski definition) is 2. The lowest BCUT2D eigenvalue weighted by Crippen LogP contribution is -2.45. The Kier molecular flexibility index (Phi) is 5.07. The summed E-state index contributed by atoms with van der Waals surface area (Å²) >= 11 is 0. The van der Waals surface area contributed by atoms with Crippen LogP contribution in [0, 0.1) is 11.2 Å². The van der Waals surface area contributed by atoms with Crippen LogP contribution in [0.4, 0.5) is 10.1 Å². The van der Waals surface area contributed by atoms with Crippen molar-refractivity contribution in [3.8, 4) is 0 Å². The maximum Gasteiger partial charge on any atom is 0.231 e. The third-order valence-electron chi connectivity index (χ3n) is 4.16. The quantitative estimate of drug-likeness (QED) is 0.890. The van der Waals surface area contributed by atoms with Gasteiger partial charge in [0.15, 0.2) is 0 Å². The highest BCUT2D eigenvalue weighted by atomic mass is 19.1. The van der Waals surface area contributed by atoms with Crippen LogP contribution in [0.1, 0.15) is 52.9 Å². The molecule has 1 aliphatic carbocycles. The Morgan fingerprint density at radius 1 is 1.13 bits per heavy atom. The average molecular weight is 320 g/mol. The van der Waals surface area contributed by atoms with E-state index in [4.69, 9.17) is 0 Å². The summed E-state index contributed by atoms with van der Waals surface area (Å²) in [4.78, 5) is 25.0. The molecule has 0 saturated heterocycles. The molecule has 23 heavy (non-hydrogen) atoms. The van der Waals surface area contributed by atoms with E-state index in [1.54, 1.807) is 0 Å². The second-order valence-electron chi connectivity index (χ2n) is 7.42. The molecule has 1 aromatic carbocycles. The number of halogens is 1. The highest BCUT2D eigenvalue weighted by Gasteiger charge is 2.43. The molecule has 1 fully saturated rings. The van der Waals surface area contributed by atoms with E-state index >= 15 is 0 Å². The number of amides is 2. The highest BCUT2D eigenvalue weighted by molar-refractivity contribution is 5.98. The second-order valence-corrected chi connectivity index (χ2v) is 7.42. The number of anilines is 1. The van der Waals surface area contributed by atoms with Gasteiger partial charge in [-0.1, -0.05) is 12.8 Å². The zero-order chi connectivity index (χ0) is 17.1. The van der Waals surface area contributed by atoms with E-state index in [1.807, 2.05) is 20.8 Å². The maximum atomic E-state index is 13.0. The van der Waals surface area contributed by atoms with Gasteiger partial charge >= 0.3 is 0 Å². The first kappa shape index (κ1) is 17.4. The van der Waals surface area contributed by atoms with Crippen molar-refractivity contribution in [1.82, 2.24) is 5.32 Å². The molecule has 1 aromatic rings. The molecule has 0 unspecified atom stereocenters. The summed E-state index contributed by atoms with van der Waals surface area (Å²) in [5, 5.41) is 5.76. The number of carbonyl (C=O) groups is 2. The van der Waals surface area contributed by atoms with E-state index in [0.29, 0.717) is 18.5 Å². The fraction of sp³-hybridized carbons (Fsp3) is 0.556. The van der Waals surface area contributed by atoms with Gasteiger partial charge in [0.1, 0.15) is 5.82 Å². The monoisotopic (exact) mass is 320 g/mol. The topological polar surface area (TPSA) is 58.2 Å². The Bertz CT molecular complexity index is 570. The molecule has 1 aliphatic rings. The Balaban J connectivity index is 2.08. The van der Waals surface area contributed by atoms with Crippen molar-refractivity contribution in [3.63, 3.8) is 0 Å². The van der Waals surface area contributed by atoms with Gasteiger partial charge in [0, 0.05) is 17.6 Å². The first-order valence-electron chi connectivity index (χ1n) is 8.08. The predicted molar refractivity (Wildman–Crippen MR) is 88.4 cm³/mol. The molecule has 0 radical (unpaired) electrons. The molecular weight excluding hydrogens is 295 g/mol. The summed E-state index contributed by atoms with van der Waals surface area (Å²) in [6, 6.07) is 5.68. The smallest absolute Gasteiger partial charge is 0.231 e. The van der Waals surface area contributed by atoms with Crippen molar-refractivity contribution in [2.45, 2.75) is 58.4 Å². The highest BCUT2D eigenvalue weighted by Crippen LogP contribution is 2.42. The van der Waals surface area contributed by atoms with Crippen molar-refractivity contribution in [2.75, 3.05) is 5.32 Å². The molecule has 126 valence electrons. The first-order valence-corrected chi connectivity index (χ1v) is 8.08. The molecule has 0 bridgehead atoms. The fourth-order valence-corrected chi connectivity index (χ4v) is 3.10. The predicted octanol–water partition coefficient (Wildman–Crippen LogP) is 3.63. The molecule has 0 aromatic heterocycles. The third kappa shape index (κ3) is 4.78. The summed E-state index contributed by atoms with van der Waals surface area (Å²) in [7, 11) is 0. The molecule has 0 aliphatic heterocycles. The van der Waals surface area contributed by atoms with Crippen molar-refractivity contribution < 1.29 is 14.0 Å². The largest absolute Gasteiger partial charge is 0.351 e. The van der Waals surface area contributed by atoms with E-state index in [9.17, 15) is 14.0 Å².